The fourth-order valence-corrected chi connectivity index (χ4v) is 8.87. The summed E-state index contributed by atoms with van der Waals surface area (Å²) in [7, 11) is 0. The van der Waals surface area contributed by atoms with Crippen LogP contribution in [0.4, 0.5) is 5.69 Å². The molecule has 2 aromatic carbocycles. The third-order valence-corrected chi connectivity index (χ3v) is 12.8. The second-order valence-corrected chi connectivity index (χ2v) is 18.4. The average molecular weight is 948 g/mol. The number of anilines is 1. The normalized spacial score (nSPS) is 18.5. The Morgan fingerprint density at radius 1 is 0.783 bits per heavy atom. The van der Waals surface area contributed by atoms with Gasteiger partial charge in [-0.2, -0.15) is 0 Å². The van der Waals surface area contributed by atoms with E-state index in [2.05, 4.69) is 98.7 Å². The highest BCUT2D eigenvalue weighted by Gasteiger charge is 2.22. The van der Waals surface area contributed by atoms with Crippen LogP contribution in [-0.4, -0.2) is 139 Å². The van der Waals surface area contributed by atoms with Crippen molar-refractivity contribution in [2.24, 2.45) is 5.92 Å². The van der Waals surface area contributed by atoms with E-state index in [9.17, 15) is 19.5 Å². The molecule has 0 aliphatic carbocycles. The number of hydrogen-bond acceptors (Lipinski definition) is 15. The van der Waals surface area contributed by atoms with Crippen LogP contribution in [0.1, 0.15) is 90.5 Å². The van der Waals surface area contributed by atoms with Gasteiger partial charge in [0.1, 0.15) is 6.04 Å². The minimum absolute atomic E-state index is 0.0213. The molecule has 4 aromatic rings. The Bertz CT molecular complexity index is 2260. The zero-order chi connectivity index (χ0) is 48.5. The molecule has 2 aliphatic heterocycles. The Morgan fingerprint density at radius 2 is 1.46 bits per heavy atom. The lowest BCUT2D eigenvalue weighted by Crippen LogP contribution is -2.36. The number of carbonyl (C=O) groups excluding carboxylic acids is 1. The van der Waals surface area contributed by atoms with E-state index in [-0.39, 0.29) is 35.3 Å². The summed E-state index contributed by atoms with van der Waals surface area (Å²) >= 11 is 0. The van der Waals surface area contributed by atoms with E-state index >= 15 is 0 Å². The van der Waals surface area contributed by atoms with E-state index in [1.54, 1.807) is 6.20 Å². The molecule has 2 saturated heterocycles. The molecule has 17 heteroatoms. The van der Waals surface area contributed by atoms with E-state index in [0.29, 0.717) is 42.4 Å². The lowest BCUT2D eigenvalue weighted by Gasteiger charge is -2.25. The molecule has 2 unspecified atom stereocenters. The Morgan fingerprint density at radius 3 is 2.19 bits per heavy atom. The van der Waals surface area contributed by atoms with Crippen molar-refractivity contribution >= 4 is 34.3 Å². The molecule has 0 amide bonds. The van der Waals surface area contributed by atoms with Gasteiger partial charge in [0.05, 0.1) is 24.8 Å². The number of carboxylic acids is 1. The molecule has 17 nitrogen and oxygen atoms in total. The average Bonchev–Trinajstić information content (AvgIpc) is 3.35. The van der Waals surface area contributed by atoms with Gasteiger partial charge in [-0.05, 0) is 151 Å². The van der Waals surface area contributed by atoms with Crippen LogP contribution >= 0.6 is 0 Å². The number of Topliss-reactive ketones (excluding diaryl/α,β-unsaturated/α-hetero) is 1. The summed E-state index contributed by atoms with van der Waals surface area (Å²) in [5.41, 5.74) is 6.34. The highest BCUT2D eigenvalue weighted by Crippen LogP contribution is 2.25. The number of carboxylic acid groups (broad SMARTS) is 1. The van der Waals surface area contributed by atoms with Gasteiger partial charge in [-0.1, -0.05) is 43.0 Å². The van der Waals surface area contributed by atoms with Crippen molar-refractivity contribution in [1.82, 2.24) is 62.1 Å². The molecule has 0 radical (unpaired) electrons. The van der Waals surface area contributed by atoms with Crippen LogP contribution in [0.15, 0.2) is 78.5 Å². The second kappa shape index (κ2) is 29.6. The number of benzene rings is 2. The molecule has 2 aromatic heterocycles. The van der Waals surface area contributed by atoms with Crippen LogP contribution in [0.3, 0.4) is 0 Å². The first kappa shape index (κ1) is 53.0. The number of ketones is 1. The molecule has 10 N–H and O–H groups in total. The van der Waals surface area contributed by atoms with Crippen LogP contribution in [0, 0.1) is 5.92 Å². The molecule has 4 heterocycles. The molecule has 374 valence electrons. The van der Waals surface area contributed by atoms with Gasteiger partial charge in [0, 0.05) is 69.2 Å². The van der Waals surface area contributed by atoms with Crippen molar-refractivity contribution in [3.63, 3.8) is 0 Å². The molecule has 0 bridgehead atoms. The first-order valence-electron chi connectivity index (χ1n) is 25.2. The monoisotopic (exact) mass is 948 g/mol. The van der Waals surface area contributed by atoms with E-state index in [1.165, 1.54) is 11.9 Å². The maximum absolute atomic E-state index is 14.5. The van der Waals surface area contributed by atoms with Gasteiger partial charge in [0.25, 0.3) is 5.56 Å². The van der Waals surface area contributed by atoms with Crippen molar-refractivity contribution in [2.75, 3.05) is 96.9 Å². The summed E-state index contributed by atoms with van der Waals surface area (Å²) in [6.07, 6.45) is 11.0. The molecule has 2 aliphatic rings. The predicted octanol–water partition coefficient (Wildman–Crippen LogP) is 3.81. The molecule has 2 atom stereocenters. The van der Waals surface area contributed by atoms with E-state index in [4.69, 9.17) is 0 Å². The number of carbonyl (C=O) groups is 2. The Labute approximate surface area is 408 Å². The number of allylic oxidation sites excluding steroid dienone is 1. The van der Waals surface area contributed by atoms with Gasteiger partial charge >= 0.3 is 5.97 Å². The van der Waals surface area contributed by atoms with Crippen molar-refractivity contribution in [3.8, 4) is 0 Å². The van der Waals surface area contributed by atoms with Crippen LogP contribution < -0.4 is 48.1 Å². The minimum Gasteiger partial charge on any atom is -0.480 e. The third-order valence-electron chi connectivity index (χ3n) is 12.8. The lowest BCUT2D eigenvalue weighted by atomic mass is 9.88. The fraction of sp³-hybridized carbons (Fsp3) is 0.538. The lowest BCUT2D eigenvalue weighted by molar-refractivity contribution is -0.139. The molecule has 69 heavy (non-hydrogen) atoms. The van der Waals surface area contributed by atoms with Gasteiger partial charge in [0.15, 0.2) is 16.9 Å². The topological polar surface area (TPSA) is 225 Å². The first-order chi connectivity index (χ1) is 33.7. The largest absolute Gasteiger partial charge is 0.480 e. The highest BCUT2D eigenvalue weighted by molar-refractivity contribution is 5.99. The standard InChI is InChI=1S/C52H77N13O4/c1-38(8-15-47(52(68)69)63-39(2)42-11-13-44(14-12-42)59-34-45-35-60-50-49(64-45)51(67)62-37-61-50)31-48(66)46-33-41(32-40-7-3-17-54-24-25-55-19-4-18-53-23-16-40)9-10-43(46)36-65-29-6-22-57-27-26-56-20-5-21-58-28-30-65/h9-14,33,35,37,40,47,53-59,63H,1-8,15-32,34,36H2,(H,68,69)(H,60,61,62,67). The van der Waals surface area contributed by atoms with Crippen LogP contribution in [0.5, 0.6) is 0 Å². The SMILES string of the molecule is C=C(CCC(NC(=C)c1ccc(NCc2cnc3nc[nH]c(=O)c3n2)cc1)C(=O)O)CC(=O)c1cc(CC2CCCNCCNCCCNCC2)ccc1CN1CCCNCCNCCCNCC1. The summed E-state index contributed by atoms with van der Waals surface area (Å²) in [5, 5.41) is 38.1. The summed E-state index contributed by atoms with van der Waals surface area (Å²) in [6, 6.07) is 13.1. The summed E-state index contributed by atoms with van der Waals surface area (Å²) in [4.78, 5) is 56.8. The number of fused-ring (bicyclic) bond motifs is 1. The number of nitrogens with zero attached hydrogens (tertiary/aromatic N) is 4. The molecule has 0 spiro atoms. The number of hydrogen-bond donors (Lipinski definition) is 10. The highest BCUT2D eigenvalue weighted by atomic mass is 16.4. The van der Waals surface area contributed by atoms with Gasteiger partial charge < -0.3 is 52.6 Å². The molecular formula is C52H77N13O4. The minimum atomic E-state index is -1.01. The second-order valence-electron chi connectivity index (χ2n) is 18.4. The van der Waals surface area contributed by atoms with E-state index < -0.39 is 12.0 Å². The predicted molar refractivity (Wildman–Crippen MR) is 276 cm³/mol. The first-order valence-corrected chi connectivity index (χ1v) is 25.2. The maximum atomic E-state index is 14.5. The maximum Gasteiger partial charge on any atom is 0.326 e. The van der Waals surface area contributed by atoms with Gasteiger partial charge in [0.2, 0.25) is 0 Å². The van der Waals surface area contributed by atoms with Gasteiger partial charge in [-0.25, -0.2) is 19.7 Å². The van der Waals surface area contributed by atoms with Crippen LogP contribution in [0.2, 0.25) is 0 Å². The van der Waals surface area contributed by atoms with Gasteiger partial charge in [-0.3, -0.25) is 14.5 Å². The van der Waals surface area contributed by atoms with Crippen molar-refractivity contribution in [2.45, 2.75) is 83.3 Å². The van der Waals surface area contributed by atoms with E-state index in [0.717, 1.165) is 159 Å². The number of aromatic amines is 1. The third kappa shape index (κ3) is 18.8. The number of nitrogens with one attached hydrogen (secondary N) is 9. The number of aromatic nitrogens is 4. The van der Waals surface area contributed by atoms with E-state index in [1.807, 2.05) is 24.3 Å². The number of rotatable bonds is 17. The zero-order valence-electron chi connectivity index (χ0n) is 40.6. The fourth-order valence-electron chi connectivity index (χ4n) is 8.87. The Kier molecular flexibility index (Phi) is 22.7. The van der Waals surface area contributed by atoms with Crippen LogP contribution in [0.25, 0.3) is 16.9 Å². The number of aliphatic carboxylic acids is 1. The van der Waals surface area contributed by atoms with Crippen molar-refractivity contribution in [3.05, 3.63) is 112 Å². The molecule has 0 saturated carbocycles. The van der Waals surface area contributed by atoms with Crippen LogP contribution in [-0.2, 0) is 24.3 Å². The Hall–Kier alpha value is -5.40. The quantitative estimate of drug-likeness (QED) is 0.0537. The summed E-state index contributed by atoms with van der Waals surface area (Å²) in [6.45, 7) is 22.9. The molecular weight excluding hydrogens is 871 g/mol. The summed E-state index contributed by atoms with van der Waals surface area (Å²) < 4.78 is 0. The molecule has 2 fully saturated rings. The zero-order valence-corrected chi connectivity index (χ0v) is 40.6. The summed E-state index contributed by atoms with van der Waals surface area (Å²) in [5.74, 6) is -0.490. The molecule has 6 rings (SSSR count). The smallest absolute Gasteiger partial charge is 0.326 e. The van der Waals surface area contributed by atoms with Crippen molar-refractivity contribution < 1.29 is 14.7 Å². The Balaban J connectivity index is 1.08. The van der Waals surface area contributed by atoms with Crippen molar-refractivity contribution in [1.29, 1.82) is 0 Å². The number of H-pyrrole nitrogens is 1. The van der Waals surface area contributed by atoms with Gasteiger partial charge in [-0.15, -0.1) is 0 Å².